The standard InChI is InChI=1S/C16H17FN4O2/c1-20-10-11(8-19-20)15(22)7-12-3-2-6-21(12)16(23)13-4-5-18-9-14(13)17/h4-5,8-10,12H,2-3,6-7H2,1H3/t12-/m1/s1. The van der Waals surface area contributed by atoms with Gasteiger partial charge in [0, 0.05) is 38.4 Å². The predicted octanol–water partition coefficient (Wildman–Crippen LogP) is 1.83. The first-order chi connectivity index (χ1) is 11.1. The molecule has 1 atom stereocenters. The van der Waals surface area contributed by atoms with Crippen molar-refractivity contribution in [2.24, 2.45) is 7.05 Å². The molecule has 23 heavy (non-hydrogen) atoms. The van der Waals surface area contributed by atoms with Crippen molar-refractivity contribution in [3.8, 4) is 0 Å². The molecule has 3 rings (SSSR count). The van der Waals surface area contributed by atoms with Crippen LogP contribution in [0.2, 0.25) is 0 Å². The first-order valence-electron chi connectivity index (χ1n) is 7.48. The number of Topliss-reactive ketones (excluding diaryl/α,β-unsaturated/α-hetero) is 1. The van der Waals surface area contributed by atoms with Crippen molar-refractivity contribution < 1.29 is 14.0 Å². The molecule has 120 valence electrons. The summed E-state index contributed by atoms with van der Waals surface area (Å²) in [6.07, 6.45) is 7.37. The molecule has 0 unspecified atom stereocenters. The minimum atomic E-state index is -0.637. The van der Waals surface area contributed by atoms with E-state index in [0.717, 1.165) is 19.0 Å². The van der Waals surface area contributed by atoms with Gasteiger partial charge in [-0.1, -0.05) is 0 Å². The molecular formula is C16H17FN4O2. The molecule has 1 saturated heterocycles. The van der Waals surface area contributed by atoms with Crippen molar-refractivity contribution in [1.82, 2.24) is 19.7 Å². The third-order valence-corrected chi connectivity index (χ3v) is 4.09. The van der Waals surface area contributed by atoms with Crippen molar-refractivity contribution in [3.63, 3.8) is 0 Å². The highest BCUT2D eigenvalue weighted by atomic mass is 19.1. The van der Waals surface area contributed by atoms with Gasteiger partial charge in [0.1, 0.15) is 0 Å². The molecule has 3 heterocycles. The maximum absolute atomic E-state index is 13.8. The molecule has 1 aliphatic heterocycles. The van der Waals surface area contributed by atoms with Crippen molar-refractivity contribution in [3.05, 3.63) is 47.8 Å². The molecule has 0 radical (unpaired) electrons. The van der Waals surface area contributed by atoms with Crippen LogP contribution in [0.5, 0.6) is 0 Å². The normalized spacial score (nSPS) is 17.5. The zero-order valence-corrected chi connectivity index (χ0v) is 12.8. The number of likely N-dealkylation sites (tertiary alicyclic amines) is 1. The molecule has 1 fully saturated rings. The van der Waals surface area contributed by atoms with Gasteiger partial charge in [0.25, 0.3) is 5.91 Å². The highest BCUT2D eigenvalue weighted by Gasteiger charge is 2.32. The number of amides is 1. The molecule has 2 aromatic heterocycles. The number of carbonyl (C=O) groups excluding carboxylic acids is 2. The maximum atomic E-state index is 13.8. The van der Waals surface area contributed by atoms with E-state index in [9.17, 15) is 14.0 Å². The predicted molar refractivity (Wildman–Crippen MR) is 80.4 cm³/mol. The van der Waals surface area contributed by atoms with Gasteiger partial charge < -0.3 is 4.90 Å². The topological polar surface area (TPSA) is 68.1 Å². The minimum Gasteiger partial charge on any atom is -0.335 e. The van der Waals surface area contributed by atoms with Crippen LogP contribution >= 0.6 is 0 Å². The molecule has 1 amide bonds. The van der Waals surface area contributed by atoms with Gasteiger partial charge in [0.05, 0.1) is 23.5 Å². The van der Waals surface area contributed by atoms with Crippen LogP contribution in [0.3, 0.4) is 0 Å². The van der Waals surface area contributed by atoms with Crippen molar-refractivity contribution in [2.45, 2.75) is 25.3 Å². The van der Waals surface area contributed by atoms with Crippen LogP contribution in [0.4, 0.5) is 4.39 Å². The van der Waals surface area contributed by atoms with E-state index in [4.69, 9.17) is 0 Å². The van der Waals surface area contributed by atoms with E-state index in [-0.39, 0.29) is 29.7 Å². The summed E-state index contributed by atoms with van der Waals surface area (Å²) in [5.74, 6) is -1.08. The highest BCUT2D eigenvalue weighted by Crippen LogP contribution is 2.24. The number of ketones is 1. The van der Waals surface area contributed by atoms with E-state index in [1.54, 1.807) is 22.8 Å². The molecule has 0 N–H and O–H groups in total. The number of pyridine rings is 1. The maximum Gasteiger partial charge on any atom is 0.257 e. The first-order valence-corrected chi connectivity index (χ1v) is 7.48. The van der Waals surface area contributed by atoms with E-state index < -0.39 is 5.82 Å². The molecule has 7 heteroatoms. The Bertz CT molecular complexity index is 743. The summed E-state index contributed by atoms with van der Waals surface area (Å²) < 4.78 is 15.3. The van der Waals surface area contributed by atoms with Gasteiger partial charge in [-0.3, -0.25) is 19.3 Å². The number of halogens is 1. The summed E-state index contributed by atoms with van der Waals surface area (Å²) in [5.41, 5.74) is 0.530. The fraction of sp³-hybridized carbons (Fsp3) is 0.375. The van der Waals surface area contributed by atoms with Gasteiger partial charge >= 0.3 is 0 Å². The summed E-state index contributed by atoms with van der Waals surface area (Å²) in [6.45, 7) is 0.533. The summed E-state index contributed by atoms with van der Waals surface area (Å²) in [7, 11) is 1.74. The van der Waals surface area contributed by atoms with E-state index in [2.05, 4.69) is 10.1 Å². The van der Waals surface area contributed by atoms with Crippen LogP contribution in [-0.2, 0) is 7.05 Å². The Morgan fingerprint density at radius 1 is 1.39 bits per heavy atom. The van der Waals surface area contributed by atoms with Crippen LogP contribution in [0.25, 0.3) is 0 Å². The zero-order valence-electron chi connectivity index (χ0n) is 12.8. The van der Waals surface area contributed by atoms with Gasteiger partial charge in [0.15, 0.2) is 11.6 Å². The lowest BCUT2D eigenvalue weighted by molar-refractivity contribution is 0.0712. The monoisotopic (exact) mass is 316 g/mol. The highest BCUT2D eigenvalue weighted by molar-refractivity contribution is 5.98. The molecular weight excluding hydrogens is 299 g/mol. The molecule has 1 aliphatic rings. The Labute approximate surface area is 132 Å². The third-order valence-electron chi connectivity index (χ3n) is 4.09. The zero-order chi connectivity index (χ0) is 16.4. The molecule has 0 saturated carbocycles. The molecule has 0 bridgehead atoms. The van der Waals surface area contributed by atoms with Gasteiger partial charge in [-0.15, -0.1) is 0 Å². The van der Waals surface area contributed by atoms with E-state index in [1.165, 1.54) is 18.5 Å². The number of nitrogens with zero attached hydrogens (tertiary/aromatic N) is 4. The quantitative estimate of drug-likeness (QED) is 0.807. The lowest BCUT2D eigenvalue weighted by Crippen LogP contribution is -2.37. The Balaban J connectivity index is 1.74. The summed E-state index contributed by atoms with van der Waals surface area (Å²) in [4.78, 5) is 30.1. The van der Waals surface area contributed by atoms with Crippen LogP contribution in [0.15, 0.2) is 30.9 Å². The van der Waals surface area contributed by atoms with Gasteiger partial charge in [0.2, 0.25) is 0 Å². The van der Waals surface area contributed by atoms with Gasteiger partial charge in [-0.05, 0) is 18.9 Å². The number of hydrogen-bond acceptors (Lipinski definition) is 4. The molecule has 0 aliphatic carbocycles. The van der Waals surface area contributed by atoms with Crippen LogP contribution < -0.4 is 0 Å². The van der Waals surface area contributed by atoms with Crippen LogP contribution in [-0.4, -0.2) is 43.9 Å². The first kappa shape index (κ1) is 15.3. The number of rotatable bonds is 4. The Kier molecular flexibility index (Phi) is 4.18. The lowest BCUT2D eigenvalue weighted by atomic mass is 10.0. The minimum absolute atomic E-state index is 0.000673. The number of hydrogen-bond donors (Lipinski definition) is 0. The van der Waals surface area contributed by atoms with Crippen molar-refractivity contribution in [1.29, 1.82) is 0 Å². The number of aryl methyl sites for hydroxylation is 1. The van der Waals surface area contributed by atoms with E-state index in [0.29, 0.717) is 12.1 Å². The van der Waals surface area contributed by atoms with E-state index >= 15 is 0 Å². The second-order valence-electron chi connectivity index (χ2n) is 5.68. The average molecular weight is 316 g/mol. The smallest absolute Gasteiger partial charge is 0.257 e. The second-order valence-corrected chi connectivity index (χ2v) is 5.68. The average Bonchev–Trinajstić information content (AvgIpc) is 3.16. The Morgan fingerprint density at radius 2 is 2.22 bits per heavy atom. The molecule has 2 aromatic rings. The van der Waals surface area contributed by atoms with E-state index in [1.807, 2.05) is 0 Å². The van der Waals surface area contributed by atoms with Crippen LogP contribution in [0, 0.1) is 5.82 Å². The Hall–Kier alpha value is -2.57. The third kappa shape index (κ3) is 3.13. The molecule has 6 nitrogen and oxygen atoms in total. The van der Waals surface area contributed by atoms with Gasteiger partial charge in [-0.2, -0.15) is 5.10 Å². The molecule has 0 aromatic carbocycles. The lowest BCUT2D eigenvalue weighted by Gasteiger charge is -2.24. The second kappa shape index (κ2) is 6.28. The fourth-order valence-electron chi connectivity index (χ4n) is 2.92. The largest absolute Gasteiger partial charge is 0.335 e. The summed E-state index contributed by atoms with van der Waals surface area (Å²) in [6, 6.07) is 1.17. The number of carbonyl (C=O) groups is 2. The van der Waals surface area contributed by atoms with Crippen LogP contribution in [0.1, 0.15) is 40.0 Å². The molecule has 0 spiro atoms. The SMILES string of the molecule is Cn1cc(C(=O)C[C@H]2CCCN2C(=O)c2ccncc2F)cn1. The fourth-order valence-corrected chi connectivity index (χ4v) is 2.92. The Morgan fingerprint density at radius 3 is 2.91 bits per heavy atom. The van der Waals surface area contributed by atoms with Crippen molar-refractivity contribution >= 4 is 11.7 Å². The summed E-state index contributed by atoms with van der Waals surface area (Å²) >= 11 is 0. The van der Waals surface area contributed by atoms with Crippen molar-refractivity contribution in [2.75, 3.05) is 6.54 Å². The number of aromatic nitrogens is 3. The van der Waals surface area contributed by atoms with Gasteiger partial charge in [-0.25, -0.2) is 4.39 Å². The summed E-state index contributed by atoms with van der Waals surface area (Å²) in [5, 5.41) is 3.98.